The van der Waals surface area contributed by atoms with E-state index >= 15 is 0 Å². The highest BCUT2D eigenvalue weighted by Crippen LogP contribution is 2.32. The summed E-state index contributed by atoms with van der Waals surface area (Å²) in [5.74, 6) is 1.46. The third-order valence-corrected chi connectivity index (χ3v) is 6.13. The number of aromatic nitrogens is 2. The van der Waals surface area contributed by atoms with Crippen LogP contribution < -0.4 is 9.57 Å². The molecule has 4 aromatic rings. The number of carbonyl (C=O) groups is 1. The summed E-state index contributed by atoms with van der Waals surface area (Å²) in [6.07, 6.45) is 1.92. The van der Waals surface area contributed by atoms with Crippen LogP contribution in [0.2, 0.25) is 5.02 Å². The molecule has 3 aromatic carbocycles. The van der Waals surface area contributed by atoms with Crippen LogP contribution >= 0.6 is 11.6 Å². The van der Waals surface area contributed by atoms with Crippen LogP contribution in [0.5, 0.6) is 11.5 Å². The Balaban J connectivity index is 1.35. The van der Waals surface area contributed by atoms with Gasteiger partial charge in [0.2, 0.25) is 0 Å². The normalized spacial score (nSPS) is 11.2. The molecule has 4 rings (SSSR count). The maximum absolute atomic E-state index is 12.4. The summed E-state index contributed by atoms with van der Waals surface area (Å²) in [6, 6.07) is 18.8. The minimum Gasteiger partial charge on any atom is -0.507 e. The van der Waals surface area contributed by atoms with Crippen molar-refractivity contribution in [2.45, 2.75) is 40.0 Å². The number of rotatable bonds is 11. The first-order chi connectivity index (χ1) is 17.3. The zero-order chi connectivity index (χ0) is 25.7. The van der Waals surface area contributed by atoms with Crippen molar-refractivity contribution >= 4 is 28.4 Å². The smallest absolute Gasteiger partial charge is 0.176 e. The molecule has 0 saturated heterocycles. The van der Waals surface area contributed by atoms with E-state index in [1.807, 2.05) is 62.4 Å². The predicted molar refractivity (Wildman–Crippen MR) is 143 cm³/mol. The predicted octanol–water partition coefficient (Wildman–Crippen LogP) is 6.89. The van der Waals surface area contributed by atoms with Crippen LogP contribution in [0.3, 0.4) is 0 Å². The average molecular weight is 507 g/mol. The van der Waals surface area contributed by atoms with Gasteiger partial charge in [0.05, 0.1) is 17.7 Å². The van der Waals surface area contributed by atoms with Crippen molar-refractivity contribution in [3.05, 3.63) is 76.8 Å². The highest BCUT2D eigenvalue weighted by molar-refractivity contribution is 6.30. The molecule has 6 nitrogen and oxygen atoms in total. The van der Waals surface area contributed by atoms with Crippen molar-refractivity contribution in [1.29, 1.82) is 0 Å². The molecule has 0 fully saturated rings. The van der Waals surface area contributed by atoms with E-state index in [0.717, 1.165) is 29.4 Å². The van der Waals surface area contributed by atoms with Gasteiger partial charge in [0, 0.05) is 22.6 Å². The van der Waals surface area contributed by atoms with E-state index in [1.54, 1.807) is 23.8 Å². The van der Waals surface area contributed by atoms with Crippen molar-refractivity contribution < 1.29 is 19.5 Å². The first kappa shape index (κ1) is 25.6. The Bertz CT molecular complexity index is 1360. The van der Waals surface area contributed by atoms with Crippen molar-refractivity contribution in [3.63, 3.8) is 0 Å². The number of hydrogen-bond acceptors (Lipinski definition) is 5. The second-order valence-corrected chi connectivity index (χ2v) is 9.66. The van der Waals surface area contributed by atoms with Crippen LogP contribution in [0.15, 0.2) is 60.7 Å². The fourth-order valence-electron chi connectivity index (χ4n) is 4.03. The van der Waals surface area contributed by atoms with Gasteiger partial charge in [-0.1, -0.05) is 49.7 Å². The van der Waals surface area contributed by atoms with Crippen LogP contribution in [-0.4, -0.2) is 33.8 Å². The number of fused-ring (bicyclic) bond motifs is 1. The molecule has 0 aliphatic rings. The maximum atomic E-state index is 12.4. The van der Waals surface area contributed by atoms with Crippen molar-refractivity contribution in [2.24, 2.45) is 5.92 Å². The van der Waals surface area contributed by atoms with E-state index in [-0.39, 0.29) is 17.5 Å². The van der Waals surface area contributed by atoms with Crippen LogP contribution in [0.1, 0.15) is 49.0 Å². The number of ketones is 1. The van der Waals surface area contributed by atoms with Gasteiger partial charge in [0.25, 0.3) is 0 Å². The van der Waals surface area contributed by atoms with Gasteiger partial charge < -0.3 is 14.7 Å². The zero-order valence-corrected chi connectivity index (χ0v) is 21.6. The minimum atomic E-state index is -0.0570. The van der Waals surface area contributed by atoms with Gasteiger partial charge in [0.15, 0.2) is 11.6 Å². The van der Waals surface area contributed by atoms with E-state index in [0.29, 0.717) is 47.4 Å². The molecule has 1 N–H and O–H groups in total. The lowest BCUT2D eigenvalue weighted by molar-refractivity contribution is 0.0965. The number of halogens is 1. The molecular weight excluding hydrogens is 476 g/mol. The number of phenolic OH excluding ortho intramolecular Hbond substituents is 1. The van der Waals surface area contributed by atoms with Gasteiger partial charge in [-0.05, 0) is 62.1 Å². The Kier molecular flexibility index (Phi) is 8.16. The fraction of sp³-hybridized carbons (Fsp3) is 0.310. The first-order valence-corrected chi connectivity index (χ1v) is 12.6. The molecule has 0 aliphatic heterocycles. The minimum absolute atomic E-state index is 0.00186. The van der Waals surface area contributed by atoms with Crippen LogP contribution in [0.4, 0.5) is 0 Å². The highest BCUT2D eigenvalue weighted by Gasteiger charge is 2.17. The molecule has 0 spiro atoms. The third kappa shape index (κ3) is 5.82. The van der Waals surface area contributed by atoms with E-state index in [9.17, 15) is 9.90 Å². The second kappa shape index (κ2) is 11.5. The molecule has 0 atom stereocenters. The number of hydrogen-bond donors (Lipinski definition) is 1. The third-order valence-electron chi connectivity index (χ3n) is 5.89. The van der Waals surface area contributed by atoms with Crippen molar-refractivity contribution in [2.75, 3.05) is 13.2 Å². The van der Waals surface area contributed by atoms with E-state index < -0.39 is 0 Å². The Morgan fingerprint density at radius 3 is 2.61 bits per heavy atom. The van der Waals surface area contributed by atoms with E-state index in [4.69, 9.17) is 26.2 Å². The fourth-order valence-corrected chi connectivity index (χ4v) is 4.22. The number of aromatic hydroxyl groups is 1. The summed E-state index contributed by atoms with van der Waals surface area (Å²) >= 11 is 6.20. The largest absolute Gasteiger partial charge is 0.507 e. The second-order valence-electron chi connectivity index (χ2n) is 9.22. The molecule has 0 saturated carbocycles. The molecule has 0 bridgehead atoms. The maximum Gasteiger partial charge on any atom is 0.176 e. The van der Waals surface area contributed by atoms with Gasteiger partial charge in [-0.3, -0.25) is 4.79 Å². The lowest BCUT2D eigenvalue weighted by Crippen LogP contribution is -2.15. The monoisotopic (exact) mass is 506 g/mol. The number of unbranched alkanes of at least 4 members (excludes halogenated alkanes) is 1. The highest BCUT2D eigenvalue weighted by atomic mass is 35.5. The van der Waals surface area contributed by atoms with Gasteiger partial charge >= 0.3 is 0 Å². The Labute approximate surface area is 216 Å². The summed E-state index contributed by atoms with van der Waals surface area (Å²) < 4.78 is 7.65. The first-order valence-electron chi connectivity index (χ1n) is 12.2. The Morgan fingerprint density at radius 2 is 1.83 bits per heavy atom. The molecule has 188 valence electrons. The van der Waals surface area contributed by atoms with Gasteiger partial charge in [-0.15, -0.1) is 0 Å². The molecule has 36 heavy (non-hydrogen) atoms. The number of benzene rings is 3. The van der Waals surface area contributed by atoms with Crippen molar-refractivity contribution in [3.8, 4) is 22.9 Å². The number of nitrogens with zero attached hydrogens (tertiary/aromatic N) is 2. The van der Waals surface area contributed by atoms with Gasteiger partial charge in [-0.2, -0.15) is 4.73 Å². The number of phenols is 1. The zero-order valence-electron chi connectivity index (χ0n) is 20.8. The summed E-state index contributed by atoms with van der Waals surface area (Å²) in [5, 5.41) is 11.1. The average Bonchev–Trinajstić information content (AvgIpc) is 3.22. The van der Waals surface area contributed by atoms with Crippen LogP contribution in [0, 0.1) is 12.8 Å². The lowest BCUT2D eigenvalue weighted by Gasteiger charge is -2.14. The molecule has 0 aliphatic carbocycles. The van der Waals surface area contributed by atoms with Crippen molar-refractivity contribution in [1.82, 2.24) is 9.71 Å². The molecular formula is C29H31ClN2O4. The summed E-state index contributed by atoms with van der Waals surface area (Å²) in [5.41, 5.74) is 3.55. The number of para-hydroxylation sites is 2. The van der Waals surface area contributed by atoms with Gasteiger partial charge in [0.1, 0.15) is 23.6 Å². The summed E-state index contributed by atoms with van der Waals surface area (Å²) in [6.45, 7) is 6.67. The summed E-state index contributed by atoms with van der Waals surface area (Å²) in [7, 11) is 0. The molecule has 0 radical (unpaired) electrons. The van der Waals surface area contributed by atoms with Crippen LogP contribution in [-0.2, 0) is 0 Å². The van der Waals surface area contributed by atoms with Crippen LogP contribution in [0.25, 0.3) is 22.4 Å². The topological polar surface area (TPSA) is 73.6 Å². The molecule has 1 aromatic heterocycles. The molecule has 0 amide bonds. The Hall–Kier alpha value is -3.51. The van der Waals surface area contributed by atoms with Gasteiger partial charge in [-0.25, -0.2) is 4.98 Å². The SMILES string of the molecule is Cc1c(OCCCCOn2c(-c3cccc(Cl)c3)nc3ccccc32)ccc(C(=O)CC(C)C)c1O. The standard InChI is InChI=1S/C29H31ClN2O4/c1-19(2)17-26(33)23-13-14-27(20(3)28(23)34)35-15-6-7-16-36-32-25-12-5-4-11-24(25)31-29(32)21-9-8-10-22(30)18-21/h4-5,8-14,18-19,34H,6-7,15-17H2,1-3H3. The van der Waals surface area contributed by atoms with E-state index in [1.165, 1.54) is 0 Å². The molecule has 0 unspecified atom stereocenters. The number of Topliss-reactive ketones (excluding diaryl/α,β-unsaturated/α-hetero) is 1. The molecule has 1 heterocycles. The number of ether oxygens (including phenoxy) is 1. The quantitative estimate of drug-likeness (QED) is 0.177. The Morgan fingerprint density at radius 1 is 1.06 bits per heavy atom. The van der Waals surface area contributed by atoms with E-state index in [2.05, 4.69) is 0 Å². The number of imidazole rings is 1. The molecule has 7 heteroatoms. The summed E-state index contributed by atoms with van der Waals surface area (Å²) in [4.78, 5) is 23.2. The lowest BCUT2D eigenvalue weighted by atomic mass is 9.98. The number of carbonyl (C=O) groups excluding carboxylic acids is 1.